The van der Waals surface area contributed by atoms with Gasteiger partial charge >= 0.3 is 0 Å². The highest BCUT2D eigenvalue weighted by molar-refractivity contribution is 7.89. The molecule has 18 heavy (non-hydrogen) atoms. The number of hydrogen-bond acceptors (Lipinski definition) is 4. The molecule has 0 aromatic heterocycles. The molecule has 1 aliphatic carbocycles. The van der Waals surface area contributed by atoms with Crippen molar-refractivity contribution in [2.75, 3.05) is 31.9 Å². The molecule has 104 valence electrons. The van der Waals surface area contributed by atoms with Gasteiger partial charge in [0.2, 0.25) is 10.0 Å². The van der Waals surface area contributed by atoms with Crippen LogP contribution in [0, 0.1) is 11.3 Å². The van der Waals surface area contributed by atoms with Crippen LogP contribution in [0.3, 0.4) is 0 Å². The highest BCUT2D eigenvalue weighted by Crippen LogP contribution is 2.31. The van der Waals surface area contributed by atoms with Crippen molar-refractivity contribution in [3.8, 4) is 0 Å². The van der Waals surface area contributed by atoms with Gasteiger partial charge in [-0.3, -0.25) is 10.3 Å². The summed E-state index contributed by atoms with van der Waals surface area (Å²) in [5, 5.41) is 7.41. The van der Waals surface area contributed by atoms with Gasteiger partial charge in [0.05, 0.1) is 11.8 Å². The minimum Gasteiger partial charge on any atom is -0.386 e. The van der Waals surface area contributed by atoms with Gasteiger partial charge < -0.3 is 5.73 Å². The van der Waals surface area contributed by atoms with E-state index in [9.17, 15) is 8.42 Å². The van der Waals surface area contributed by atoms with Crippen LogP contribution in [0.2, 0.25) is 0 Å². The molecule has 1 atom stereocenters. The lowest BCUT2D eigenvalue weighted by Crippen LogP contribution is -2.54. The fraction of sp³-hybridized carbons (Fsp3) is 0.909. The van der Waals surface area contributed by atoms with Crippen molar-refractivity contribution in [1.29, 1.82) is 5.41 Å². The maximum atomic E-state index is 12.1. The SMILES string of the molecule is CC(C(=N)N)N1CCN(S(=O)(=O)CC2CC2)CC1. The van der Waals surface area contributed by atoms with Crippen LogP contribution in [0.1, 0.15) is 19.8 Å². The second-order valence-electron chi connectivity index (χ2n) is 5.29. The van der Waals surface area contributed by atoms with Crippen LogP contribution in [0.4, 0.5) is 0 Å². The Morgan fingerprint density at radius 1 is 1.33 bits per heavy atom. The molecule has 1 aliphatic heterocycles. The summed E-state index contributed by atoms with van der Waals surface area (Å²) in [5.41, 5.74) is 5.47. The summed E-state index contributed by atoms with van der Waals surface area (Å²) >= 11 is 0. The third-order valence-electron chi connectivity index (χ3n) is 3.81. The van der Waals surface area contributed by atoms with Gasteiger partial charge in [-0.15, -0.1) is 0 Å². The molecule has 7 heteroatoms. The topological polar surface area (TPSA) is 90.5 Å². The van der Waals surface area contributed by atoms with E-state index in [1.54, 1.807) is 4.31 Å². The van der Waals surface area contributed by atoms with Crippen molar-refractivity contribution < 1.29 is 8.42 Å². The number of amidine groups is 1. The first kappa shape index (κ1) is 13.8. The molecule has 0 bridgehead atoms. The lowest BCUT2D eigenvalue weighted by atomic mass is 10.2. The van der Waals surface area contributed by atoms with Crippen LogP contribution < -0.4 is 5.73 Å². The number of nitrogens with one attached hydrogen (secondary N) is 1. The summed E-state index contributed by atoms with van der Waals surface area (Å²) in [6.07, 6.45) is 2.11. The maximum absolute atomic E-state index is 12.1. The molecule has 2 fully saturated rings. The lowest BCUT2D eigenvalue weighted by molar-refractivity contribution is 0.173. The number of sulfonamides is 1. The molecular formula is C11H22N4O2S. The third kappa shape index (κ3) is 3.21. The minimum absolute atomic E-state index is 0.0988. The Morgan fingerprint density at radius 2 is 1.89 bits per heavy atom. The van der Waals surface area contributed by atoms with E-state index in [2.05, 4.69) is 4.90 Å². The van der Waals surface area contributed by atoms with Crippen molar-refractivity contribution in [3.05, 3.63) is 0 Å². The molecule has 1 saturated carbocycles. The summed E-state index contributed by atoms with van der Waals surface area (Å²) in [4.78, 5) is 2.06. The van der Waals surface area contributed by atoms with E-state index in [1.165, 1.54) is 0 Å². The maximum Gasteiger partial charge on any atom is 0.214 e. The first-order valence-corrected chi connectivity index (χ1v) is 8.07. The van der Waals surface area contributed by atoms with Gasteiger partial charge in [0.1, 0.15) is 5.84 Å². The first-order valence-electron chi connectivity index (χ1n) is 6.46. The molecular weight excluding hydrogens is 252 g/mol. The standard InChI is InChI=1S/C11H22N4O2S/c1-9(11(12)13)14-4-6-15(7-5-14)18(16,17)8-10-2-3-10/h9-10H,2-8H2,1H3,(H3,12,13). The Morgan fingerprint density at radius 3 is 2.33 bits per heavy atom. The number of nitrogens with two attached hydrogens (primary N) is 1. The smallest absolute Gasteiger partial charge is 0.214 e. The molecule has 1 heterocycles. The molecule has 1 saturated heterocycles. The molecule has 0 spiro atoms. The van der Waals surface area contributed by atoms with Crippen molar-refractivity contribution in [2.24, 2.45) is 11.7 Å². The summed E-state index contributed by atoms with van der Waals surface area (Å²) in [6, 6.07) is -0.0988. The molecule has 0 aromatic carbocycles. The Labute approximate surface area is 109 Å². The monoisotopic (exact) mass is 274 g/mol. The second-order valence-corrected chi connectivity index (χ2v) is 7.30. The van der Waals surface area contributed by atoms with Gasteiger partial charge in [0.15, 0.2) is 0 Å². The number of nitrogens with zero attached hydrogens (tertiary/aromatic N) is 2. The Bertz CT molecular complexity index is 411. The van der Waals surface area contributed by atoms with E-state index in [1.807, 2.05) is 6.92 Å². The third-order valence-corrected chi connectivity index (χ3v) is 5.85. The molecule has 3 N–H and O–H groups in total. The zero-order valence-corrected chi connectivity index (χ0v) is 11.6. The van der Waals surface area contributed by atoms with Gasteiger partial charge in [-0.2, -0.15) is 4.31 Å². The molecule has 2 rings (SSSR count). The summed E-state index contributed by atoms with van der Waals surface area (Å²) in [5.74, 6) is 0.850. The molecule has 0 radical (unpaired) electrons. The molecule has 6 nitrogen and oxygen atoms in total. The van der Waals surface area contributed by atoms with Crippen molar-refractivity contribution in [2.45, 2.75) is 25.8 Å². The van der Waals surface area contributed by atoms with Gasteiger partial charge in [0, 0.05) is 26.2 Å². The predicted octanol–water partition coefficient (Wildman–Crippen LogP) is -0.332. The first-order chi connectivity index (χ1) is 8.40. The average molecular weight is 274 g/mol. The van der Waals surface area contributed by atoms with Crippen molar-refractivity contribution >= 4 is 15.9 Å². The summed E-state index contributed by atoms with van der Waals surface area (Å²) < 4.78 is 25.8. The van der Waals surface area contributed by atoms with Crippen LogP contribution in [-0.4, -0.2) is 61.4 Å². The van der Waals surface area contributed by atoms with Gasteiger partial charge in [0.25, 0.3) is 0 Å². The molecule has 0 amide bonds. The Hall–Kier alpha value is -0.660. The van der Waals surface area contributed by atoms with Gasteiger partial charge in [-0.05, 0) is 25.7 Å². The zero-order valence-electron chi connectivity index (χ0n) is 10.8. The fourth-order valence-corrected chi connectivity index (χ4v) is 4.11. The Kier molecular flexibility index (Phi) is 3.93. The summed E-state index contributed by atoms with van der Waals surface area (Å²) in [6.45, 7) is 4.24. The van der Waals surface area contributed by atoms with E-state index in [-0.39, 0.29) is 11.9 Å². The quantitative estimate of drug-likeness (QED) is 0.530. The summed E-state index contributed by atoms with van der Waals surface area (Å²) in [7, 11) is -3.07. The highest BCUT2D eigenvalue weighted by atomic mass is 32.2. The van der Waals surface area contributed by atoms with Crippen LogP contribution in [0.25, 0.3) is 0 Å². The van der Waals surface area contributed by atoms with E-state index in [0.29, 0.717) is 37.8 Å². The minimum atomic E-state index is -3.07. The molecule has 0 aromatic rings. The van der Waals surface area contributed by atoms with Crippen LogP contribution >= 0.6 is 0 Å². The van der Waals surface area contributed by atoms with Crippen LogP contribution in [0.5, 0.6) is 0 Å². The molecule has 1 unspecified atom stereocenters. The van der Waals surface area contributed by atoms with Gasteiger partial charge in [-0.25, -0.2) is 8.42 Å². The van der Waals surface area contributed by atoms with Crippen molar-refractivity contribution in [1.82, 2.24) is 9.21 Å². The normalized spacial score (nSPS) is 24.9. The lowest BCUT2D eigenvalue weighted by Gasteiger charge is -2.36. The largest absolute Gasteiger partial charge is 0.386 e. The van der Waals surface area contributed by atoms with E-state index < -0.39 is 10.0 Å². The van der Waals surface area contributed by atoms with Crippen LogP contribution in [-0.2, 0) is 10.0 Å². The Balaban J connectivity index is 1.87. The number of hydrogen-bond donors (Lipinski definition) is 2. The van der Waals surface area contributed by atoms with E-state index in [0.717, 1.165) is 12.8 Å². The molecule has 2 aliphatic rings. The number of piperazine rings is 1. The van der Waals surface area contributed by atoms with E-state index >= 15 is 0 Å². The number of rotatable bonds is 5. The van der Waals surface area contributed by atoms with E-state index in [4.69, 9.17) is 11.1 Å². The average Bonchev–Trinajstić information content (AvgIpc) is 3.11. The van der Waals surface area contributed by atoms with Crippen LogP contribution in [0.15, 0.2) is 0 Å². The predicted molar refractivity (Wildman–Crippen MR) is 71.0 cm³/mol. The highest BCUT2D eigenvalue weighted by Gasteiger charge is 2.34. The fourth-order valence-electron chi connectivity index (χ4n) is 2.25. The van der Waals surface area contributed by atoms with Gasteiger partial charge in [-0.1, -0.05) is 0 Å². The van der Waals surface area contributed by atoms with Crippen molar-refractivity contribution in [3.63, 3.8) is 0 Å². The second kappa shape index (κ2) is 5.14. The zero-order chi connectivity index (χ0) is 13.3.